The van der Waals surface area contributed by atoms with Crippen molar-refractivity contribution in [3.63, 3.8) is 0 Å². The van der Waals surface area contributed by atoms with Crippen LogP contribution in [0.2, 0.25) is 0 Å². The van der Waals surface area contributed by atoms with Gasteiger partial charge < -0.3 is 4.74 Å². The van der Waals surface area contributed by atoms with Crippen LogP contribution >= 0.6 is 0 Å². The first kappa shape index (κ1) is 20.5. The van der Waals surface area contributed by atoms with E-state index in [9.17, 15) is 23.3 Å². The summed E-state index contributed by atoms with van der Waals surface area (Å²) in [4.78, 5) is 22.1. The predicted molar refractivity (Wildman–Crippen MR) is 98.5 cm³/mol. The molecule has 2 atom stereocenters. The van der Waals surface area contributed by atoms with Gasteiger partial charge in [0, 0.05) is 12.1 Å². The summed E-state index contributed by atoms with van der Waals surface area (Å²) in [6, 6.07) is 11.3. The Bertz CT molecular complexity index is 944. The van der Waals surface area contributed by atoms with E-state index in [1.165, 1.54) is 19.2 Å². The van der Waals surface area contributed by atoms with Gasteiger partial charge in [0.1, 0.15) is 0 Å². The fourth-order valence-electron chi connectivity index (χ4n) is 2.66. The minimum Gasteiger partial charge on any atom is -0.469 e. The molecule has 27 heavy (non-hydrogen) atoms. The number of nitro benzene ring substituents is 1. The highest BCUT2D eigenvalue weighted by Crippen LogP contribution is 2.28. The van der Waals surface area contributed by atoms with Gasteiger partial charge in [0.05, 0.1) is 28.9 Å². The van der Waals surface area contributed by atoms with E-state index >= 15 is 0 Å². The monoisotopic (exact) mass is 392 g/mol. The molecule has 0 aromatic heterocycles. The van der Waals surface area contributed by atoms with Crippen molar-refractivity contribution < 1.29 is 22.9 Å². The molecule has 0 spiro atoms. The molecule has 0 amide bonds. The lowest BCUT2D eigenvalue weighted by Crippen LogP contribution is -2.36. The number of sulfonamides is 1. The topological polar surface area (TPSA) is 116 Å². The summed E-state index contributed by atoms with van der Waals surface area (Å²) in [6.45, 7) is 3.09. The first-order valence-electron chi connectivity index (χ1n) is 8.07. The first-order chi connectivity index (χ1) is 12.7. The van der Waals surface area contributed by atoms with E-state index in [4.69, 9.17) is 4.74 Å². The van der Waals surface area contributed by atoms with E-state index in [1.807, 2.05) is 0 Å². The van der Waals surface area contributed by atoms with Gasteiger partial charge in [-0.2, -0.15) is 0 Å². The van der Waals surface area contributed by atoms with Gasteiger partial charge in [-0.25, -0.2) is 13.1 Å². The SMILES string of the molecule is COC(=O)[C@H](C)[C@H](NS(=O)(=O)c1cc([N+](=O)[O-])ccc1C)c1ccccc1. The molecule has 0 fully saturated rings. The van der Waals surface area contributed by atoms with E-state index < -0.39 is 32.9 Å². The highest BCUT2D eigenvalue weighted by Gasteiger charge is 2.32. The largest absolute Gasteiger partial charge is 0.469 e. The van der Waals surface area contributed by atoms with Crippen LogP contribution in [-0.2, 0) is 19.6 Å². The summed E-state index contributed by atoms with van der Waals surface area (Å²) >= 11 is 0. The van der Waals surface area contributed by atoms with Gasteiger partial charge in [-0.3, -0.25) is 14.9 Å². The fourth-order valence-corrected chi connectivity index (χ4v) is 4.23. The van der Waals surface area contributed by atoms with Gasteiger partial charge in [0.25, 0.3) is 5.69 Å². The molecular formula is C18H20N2O6S. The molecule has 8 nitrogen and oxygen atoms in total. The van der Waals surface area contributed by atoms with Crippen molar-refractivity contribution in [2.24, 2.45) is 5.92 Å². The number of carbonyl (C=O) groups is 1. The van der Waals surface area contributed by atoms with Crippen molar-refractivity contribution in [3.05, 3.63) is 69.8 Å². The van der Waals surface area contributed by atoms with Crippen LogP contribution in [0.25, 0.3) is 0 Å². The van der Waals surface area contributed by atoms with Crippen LogP contribution in [0.15, 0.2) is 53.4 Å². The van der Waals surface area contributed by atoms with Crippen molar-refractivity contribution in [1.29, 1.82) is 0 Å². The zero-order valence-corrected chi connectivity index (χ0v) is 15.9. The summed E-state index contributed by atoms with van der Waals surface area (Å²) in [6.07, 6.45) is 0. The second-order valence-electron chi connectivity index (χ2n) is 6.03. The van der Waals surface area contributed by atoms with Gasteiger partial charge in [0.15, 0.2) is 0 Å². The highest BCUT2D eigenvalue weighted by molar-refractivity contribution is 7.89. The average molecular weight is 392 g/mol. The molecule has 2 aromatic carbocycles. The van der Waals surface area contributed by atoms with Gasteiger partial charge in [0.2, 0.25) is 10.0 Å². The van der Waals surface area contributed by atoms with Crippen LogP contribution in [-0.4, -0.2) is 26.4 Å². The van der Waals surface area contributed by atoms with Gasteiger partial charge in [-0.05, 0) is 18.1 Å². The Kier molecular flexibility index (Phi) is 6.29. The zero-order valence-electron chi connectivity index (χ0n) is 15.1. The number of nitro groups is 1. The third-order valence-electron chi connectivity index (χ3n) is 4.19. The number of aryl methyl sites for hydroxylation is 1. The van der Waals surface area contributed by atoms with Gasteiger partial charge in [-0.1, -0.05) is 43.3 Å². The Morgan fingerprint density at radius 1 is 1.19 bits per heavy atom. The van der Waals surface area contributed by atoms with Crippen molar-refractivity contribution in [1.82, 2.24) is 4.72 Å². The van der Waals surface area contributed by atoms with Crippen LogP contribution < -0.4 is 4.72 Å². The Morgan fingerprint density at radius 2 is 1.81 bits per heavy atom. The number of benzene rings is 2. The lowest BCUT2D eigenvalue weighted by atomic mass is 9.95. The van der Waals surface area contributed by atoms with Crippen molar-refractivity contribution in [3.8, 4) is 0 Å². The Hall–Kier alpha value is -2.78. The van der Waals surface area contributed by atoms with E-state index in [0.29, 0.717) is 11.1 Å². The number of nitrogens with one attached hydrogen (secondary N) is 1. The molecule has 2 aromatic rings. The number of carbonyl (C=O) groups excluding carboxylic acids is 1. The Labute approximate surface area is 157 Å². The third kappa shape index (κ3) is 4.69. The van der Waals surface area contributed by atoms with Crippen LogP contribution in [0.4, 0.5) is 5.69 Å². The maximum absolute atomic E-state index is 12.9. The minimum absolute atomic E-state index is 0.213. The number of rotatable bonds is 7. The fraction of sp³-hybridized carbons (Fsp3) is 0.278. The maximum Gasteiger partial charge on any atom is 0.310 e. The quantitative estimate of drug-likeness (QED) is 0.440. The number of hydrogen-bond donors (Lipinski definition) is 1. The van der Waals surface area contributed by atoms with Crippen molar-refractivity contribution in [2.75, 3.05) is 7.11 Å². The summed E-state index contributed by atoms with van der Waals surface area (Å²) in [7, 11) is -2.92. The number of nitrogens with zero attached hydrogens (tertiary/aromatic N) is 1. The Balaban J connectivity index is 2.49. The molecule has 2 rings (SSSR count). The number of ether oxygens (including phenoxy) is 1. The number of methoxy groups -OCH3 is 1. The van der Waals surface area contributed by atoms with Crippen molar-refractivity contribution in [2.45, 2.75) is 24.8 Å². The summed E-state index contributed by atoms with van der Waals surface area (Å²) in [5, 5.41) is 11.0. The average Bonchev–Trinajstić information content (AvgIpc) is 2.65. The van der Waals surface area contributed by atoms with Gasteiger partial charge >= 0.3 is 5.97 Å². The van der Waals surface area contributed by atoms with Crippen LogP contribution in [0, 0.1) is 23.0 Å². The normalized spacial score (nSPS) is 13.6. The Morgan fingerprint density at radius 3 is 2.37 bits per heavy atom. The van der Waals surface area contributed by atoms with Crippen LogP contribution in [0.5, 0.6) is 0 Å². The number of esters is 1. The molecule has 0 aliphatic heterocycles. The molecule has 1 N–H and O–H groups in total. The van der Waals surface area contributed by atoms with E-state index in [-0.39, 0.29) is 10.6 Å². The standard InChI is InChI=1S/C18H20N2O6S/c1-12-9-10-15(20(22)23)11-16(12)27(24,25)19-17(13(2)18(21)26-3)14-7-5-4-6-8-14/h4-11,13,17,19H,1-3H3/t13-,17+/m1/s1. The molecule has 0 bridgehead atoms. The van der Waals surface area contributed by atoms with Crippen LogP contribution in [0.1, 0.15) is 24.1 Å². The maximum atomic E-state index is 12.9. The molecule has 0 aliphatic carbocycles. The second kappa shape index (κ2) is 8.28. The summed E-state index contributed by atoms with van der Waals surface area (Å²) in [5.74, 6) is -1.39. The molecule has 9 heteroatoms. The zero-order chi connectivity index (χ0) is 20.2. The summed E-state index contributed by atoms with van der Waals surface area (Å²) < 4.78 is 33.1. The predicted octanol–water partition coefficient (Wildman–Crippen LogP) is 2.73. The van der Waals surface area contributed by atoms with Crippen molar-refractivity contribution >= 4 is 21.7 Å². The third-order valence-corrected chi connectivity index (χ3v) is 5.77. The van der Waals surface area contributed by atoms with Crippen LogP contribution in [0.3, 0.4) is 0 Å². The first-order valence-corrected chi connectivity index (χ1v) is 9.56. The summed E-state index contributed by atoms with van der Waals surface area (Å²) in [5.41, 5.74) is 0.589. The molecule has 0 heterocycles. The highest BCUT2D eigenvalue weighted by atomic mass is 32.2. The van der Waals surface area contributed by atoms with Gasteiger partial charge in [-0.15, -0.1) is 0 Å². The molecular weight excluding hydrogens is 372 g/mol. The minimum atomic E-state index is -4.14. The van der Waals surface area contributed by atoms with E-state index in [0.717, 1.165) is 6.07 Å². The molecule has 0 aliphatic rings. The molecule has 0 saturated heterocycles. The lowest BCUT2D eigenvalue weighted by Gasteiger charge is -2.24. The molecule has 144 valence electrons. The van der Waals surface area contributed by atoms with E-state index in [1.54, 1.807) is 44.2 Å². The molecule has 0 unspecified atom stereocenters. The molecule has 0 saturated carbocycles. The number of non-ortho nitro benzene ring substituents is 1. The molecule has 0 radical (unpaired) electrons. The number of hydrogen-bond acceptors (Lipinski definition) is 6. The second-order valence-corrected chi connectivity index (χ2v) is 7.71. The lowest BCUT2D eigenvalue weighted by molar-refractivity contribution is -0.385. The smallest absolute Gasteiger partial charge is 0.310 e. The van der Waals surface area contributed by atoms with E-state index in [2.05, 4.69) is 4.72 Å².